The zero-order chi connectivity index (χ0) is 16.6. The normalized spacial score (nSPS) is 10.7. The van der Waals surface area contributed by atoms with Gasteiger partial charge in [-0.1, -0.05) is 0 Å². The lowest BCUT2D eigenvalue weighted by Gasteiger charge is -2.19. The van der Waals surface area contributed by atoms with Gasteiger partial charge in [-0.05, 0) is 20.8 Å². The molecule has 0 aliphatic carbocycles. The van der Waals surface area contributed by atoms with E-state index in [2.05, 4.69) is 4.74 Å². The van der Waals surface area contributed by atoms with Gasteiger partial charge in [0.2, 0.25) is 0 Å². The van der Waals surface area contributed by atoms with Crippen LogP contribution in [0.25, 0.3) is 0 Å². The van der Waals surface area contributed by atoms with Gasteiger partial charge in [0, 0.05) is 7.05 Å². The summed E-state index contributed by atoms with van der Waals surface area (Å²) in [5.41, 5.74) is -0.628. The first-order valence-corrected chi connectivity index (χ1v) is 6.34. The molecule has 0 unspecified atom stereocenters. The van der Waals surface area contributed by atoms with Crippen LogP contribution in [0.2, 0.25) is 0 Å². The number of rotatable bonds is 7. The standard InChI is InChI=1S/C13H21NO7/c1-13(2,3)21-12(19)6-5-11(18)20-8-9(15)14(4)7-10(16)17/h5-8H2,1-4H3,(H,16,17). The molecule has 0 saturated carbocycles. The number of amides is 1. The van der Waals surface area contributed by atoms with Crippen LogP contribution in [0, 0.1) is 0 Å². The molecule has 1 amide bonds. The Kier molecular flexibility index (Phi) is 7.40. The van der Waals surface area contributed by atoms with Crippen LogP contribution < -0.4 is 0 Å². The molecule has 0 aliphatic heterocycles. The predicted molar refractivity (Wildman–Crippen MR) is 71.3 cm³/mol. The van der Waals surface area contributed by atoms with E-state index >= 15 is 0 Å². The molecule has 0 aromatic carbocycles. The van der Waals surface area contributed by atoms with Crippen LogP contribution in [-0.2, 0) is 28.7 Å². The number of ether oxygens (including phenoxy) is 2. The molecule has 8 heteroatoms. The summed E-state index contributed by atoms with van der Waals surface area (Å²) in [6, 6.07) is 0. The first-order valence-electron chi connectivity index (χ1n) is 6.34. The lowest BCUT2D eigenvalue weighted by molar-refractivity contribution is -0.159. The summed E-state index contributed by atoms with van der Waals surface area (Å²) >= 11 is 0. The maximum Gasteiger partial charge on any atom is 0.323 e. The van der Waals surface area contributed by atoms with Crippen LogP contribution in [0.1, 0.15) is 33.6 Å². The van der Waals surface area contributed by atoms with Crippen LogP contribution in [-0.4, -0.2) is 59.6 Å². The highest BCUT2D eigenvalue weighted by Gasteiger charge is 2.18. The molecule has 0 heterocycles. The van der Waals surface area contributed by atoms with Crippen molar-refractivity contribution in [2.45, 2.75) is 39.2 Å². The minimum absolute atomic E-state index is 0.144. The molecule has 1 N–H and O–H groups in total. The summed E-state index contributed by atoms with van der Waals surface area (Å²) in [7, 11) is 1.28. The Morgan fingerprint density at radius 1 is 1.05 bits per heavy atom. The van der Waals surface area contributed by atoms with Crippen molar-refractivity contribution in [1.82, 2.24) is 4.90 Å². The molecule has 0 saturated heterocycles. The van der Waals surface area contributed by atoms with E-state index in [4.69, 9.17) is 9.84 Å². The van der Waals surface area contributed by atoms with Gasteiger partial charge in [-0.3, -0.25) is 19.2 Å². The summed E-state index contributed by atoms with van der Waals surface area (Å²) in [4.78, 5) is 45.4. The lowest BCUT2D eigenvalue weighted by Crippen LogP contribution is -2.35. The zero-order valence-corrected chi connectivity index (χ0v) is 12.7. The Labute approximate surface area is 123 Å². The topological polar surface area (TPSA) is 110 Å². The van der Waals surface area contributed by atoms with Gasteiger partial charge >= 0.3 is 17.9 Å². The van der Waals surface area contributed by atoms with Crippen LogP contribution >= 0.6 is 0 Å². The second-order valence-corrected chi connectivity index (χ2v) is 5.39. The van der Waals surface area contributed by atoms with E-state index in [0.29, 0.717) is 0 Å². The number of carboxylic acids is 1. The maximum atomic E-state index is 11.4. The molecule has 0 spiro atoms. The molecule has 0 radical (unpaired) electrons. The van der Waals surface area contributed by atoms with Crippen LogP contribution in [0.4, 0.5) is 0 Å². The fraction of sp³-hybridized carbons (Fsp3) is 0.692. The van der Waals surface area contributed by atoms with E-state index in [1.54, 1.807) is 20.8 Å². The Hall–Kier alpha value is -2.12. The fourth-order valence-corrected chi connectivity index (χ4v) is 1.21. The number of likely N-dealkylation sites (N-methyl/N-ethyl adjacent to an activating group) is 1. The third-order valence-corrected chi connectivity index (χ3v) is 2.11. The highest BCUT2D eigenvalue weighted by Crippen LogP contribution is 2.09. The van der Waals surface area contributed by atoms with E-state index in [1.165, 1.54) is 7.05 Å². The number of carbonyl (C=O) groups excluding carboxylic acids is 3. The number of carboxylic acid groups (broad SMARTS) is 1. The average Bonchev–Trinajstić information content (AvgIpc) is 2.30. The van der Waals surface area contributed by atoms with Crippen molar-refractivity contribution in [3.05, 3.63) is 0 Å². The van der Waals surface area contributed by atoms with Gasteiger partial charge in [-0.25, -0.2) is 0 Å². The van der Waals surface area contributed by atoms with E-state index in [9.17, 15) is 19.2 Å². The monoisotopic (exact) mass is 303 g/mol. The molecule has 0 aromatic heterocycles. The number of nitrogens with zero attached hydrogens (tertiary/aromatic N) is 1. The second kappa shape index (κ2) is 8.23. The largest absolute Gasteiger partial charge is 0.480 e. The minimum Gasteiger partial charge on any atom is -0.480 e. The number of aliphatic carboxylic acids is 1. The van der Waals surface area contributed by atoms with E-state index < -0.39 is 42.6 Å². The summed E-state index contributed by atoms with van der Waals surface area (Å²) in [5.74, 6) is -3.06. The summed E-state index contributed by atoms with van der Waals surface area (Å²) < 4.78 is 9.66. The number of hydrogen-bond donors (Lipinski definition) is 1. The van der Waals surface area contributed by atoms with Crippen molar-refractivity contribution in [1.29, 1.82) is 0 Å². The smallest absolute Gasteiger partial charge is 0.323 e. The molecular formula is C13H21NO7. The van der Waals surface area contributed by atoms with Gasteiger partial charge in [0.05, 0.1) is 12.8 Å². The van der Waals surface area contributed by atoms with Crippen LogP contribution in [0.3, 0.4) is 0 Å². The SMILES string of the molecule is CN(CC(=O)O)C(=O)COC(=O)CCC(=O)OC(C)(C)C. The Morgan fingerprint density at radius 2 is 1.57 bits per heavy atom. The summed E-state index contributed by atoms with van der Waals surface area (Å²) in [5, 5.41) is 8.50. The fourth-order valence-electron chi connectivity index (χ4n) is 1.21. The van der Waals surface area contributed by atoms with Gasteiger partial charge in [0.25, 0.3) is 5.91 Å². The molecule has 0 fully saturated rings. The van der Waals surface area contributed by atoms with Gasteiger partial charge in [0.1, 0.15) is 12.1 Å². The first kappa shape index (κ1) is 18.9. The highest BCUT2D eigenvalue weighted by atomic mass is 16.6. The number of carbonyl (C=O) groups is 4. The van der Waals surface area contributed by atoms with E-state index in [1.807, 2.05) is 0 Å². The third-order valence-electron chi connectivity index (χ3n) is 2.11. The van der Waals surface area contributed by atoms with Crippen molar-refractivity contribution in [2.75, 3.05) is 20.2 Å². The maximum absolute atomic E-state index is 11.4. The van der Waals surface area contributed by atoms with E-state index in [0.717, 1.165) is 4.90 Å². The molecule has 0 rings (SSSR count). The molecule has 8 nitrogen and oxygen atoms in total. The minimum atomic E-state index is -1.16. The lowest BCUT2D eigenvalue weighted by atomic mass is 10.2. The average molecular weight is 303 g/mol. The van der Waals surface area contributed by atoms with Gasteiger partial charge in [-0.2, -0.15) is 0 Å². The zero-order valence-electron chi connectivity index (χ0n) is 12.7. The van der Waals surface area contributed by atoms with Crippen molar-refractivity contribution >= 4 is 23.8 Å². The molecule has 0 aliphatic rings. The van der Waals surface area contributed by atoms with Crippen LogP contribution in [0.5, 0.6) is 0 Å². The Bertz CT molecular complexity index is 411. The van der Waals surface area contributed by atoms with Crippen molar-refractivity contribution < 1.29 is 33.8 Å². The van der Waals surface area contributed by atoms with Gasteiger partial charge in [-0.15, -0.1) is 0 Å². The van der Waals surface area contributed by atoms with Crippen molar-refractivity contribution in [3.8, 4) is 0 Å². The third kappa shape index (κ3) is 10.3. The van der Waals surface area contributed by atoms with Crippen molar-refractivity contribution in [3.63, 3.8) is 0 Å². The molecule has 0 bridgehead atoms. The molecule has 0 atom stereocenters. The Balaban J connectivity index is 3.98. The predicted octanol–water partition coefficient (Wildman–Crippen LogP) is 0.195. The quantitative estimate of drug-likeness (QED) is 0.668. The molecule has 120 valence electrons. The summed E-state index contributed by atoms with van der Waals surface area (Å²) in [6.07, 6.45) is -0.347. The van der Waals surface area contributed by atoms with Gasteiger partial charge < -0.3 is 19.5 Å². The summed E-state index contributed by atoms with van der Waals surface area (Å²) in [6.45, 7) is 4.09. The number of hydrogen-bond acceptors (Lipinski definition) is 6. The van der Waals surface area contributed by atoms with Crippen molar-refractivity contribution in [2.24, 2.45) is 0 Å². The van der Waals surface area contributed by atoms with Crippen LogP contribution in [0.15, 0.2) is 0 Å². The molecular weight excluding hydrogens is 282 g/mol. The molecule has 0 aromatic rings. The van der Waals surface area contributed by atoms with E-state index in [-0.39, 0.29) is 12.8 Å². The molecule has 21 heavy (non-hydrogen) atoms. The van der Waals surface area contributed by atoms with Gasteiger partial charge in [0.15, 0.2) is 6.61 Å². The number of esters is 2. The first-order chi connectivity index (χ1) is 9.51. The second-order valence-electron chi connectivity index (χ2n) is 5.39. The highest BCUT2D eigenvalue weighted by molar-refractivity contribution is 5.84. The Morgan fingerprint density at radius 3 is 2.05 bits per heavy atom.